The van der Waals surface area contributed by atoms with Gasteiger partial charge in [-0.25, -0.2) is 4.98 Å². The summed E-state index contributed by atoms with van der Waals surface area (Å²) in [5.41, 5.74) is 3.51. The van der Waals surface area contributed by atoms with Crippen molar-refractivity contribution in [2.75, 3.05) is 5.32 Å². The lowest BCUT2D eigenvalue weighted by Gasteiger charge is -2.19. The minimum atomic E-state index is -0.111. The van der Waals surface area contributed by atoms with Crippen LogP contribution in [0.1, 0.15) is 49.6 Å². The van der Waals surface area contributed by atoms with Crippen LogP contribution in [0.2, 0.25) is 5.02 Å². The Morgan fingerprint density at radius 1 is 1.22 bits per heavy atom. The number of aryl methyl sites for hydroxylation is 3. The largest absolute Gasteiger partial charge is 0.334 e. The number of hydrogen-bond acceptors (Lipinski definition) is 3. The first-order valence-corrected chi connectivity index (χ1v) is 8.38. The van der Waals surface area contributed by atoms with E-state index in [0.29, 0.717) is 10.8 Å². The first-order chi connectivity index (χ1) is 10.9. The third-order valence-electron chi connectivity index (χ3n) is 4.06. The van der Waals surface area contributed by atoms with Crippen LogP contribution >= 0.6 is 11.6 Å². The molecular weight excluding hydrogens is 310 g/mol. The Balaban J connectivity index is 2.51. The zero-order valence-corrected chi connectivity index (χ0v) is 15.2. The van der Waals surface area contributed by atoms with E-state index in [2.05, 4.69) is 24.1 Å². The van der Waals surface area contributed by atoms with E-state index in [1.807, 2.05) is 39.1 Å². The molecule has 0 radical (unpaired) electrons. The Hall–Kier alpha value is -1.81. The highest BCUT2D eigenvalue weighted by Gasteiger charge is 2.15. The van der Waals surface area contributed by atoms with Gasteiger partial charge < -0.3 is 9.88 Å². The van der Waals surface area contributed by atoms with Gasteiger partial charge in [-0.05, 0) is 50.8 Å². The molecule has 0 spiro atoms. The first-order valence-electron chi connectivity index (χ1n) is 8.00. The van der Waals surface area contributed by atoms with Gasteiger partial charge in [-0.15, -0.1) is 0 Å². The van der Waals surface area contributed by atoms with Crippen molar-refractivity contribution in [3.05, 3.63) is 50.5 Å². The Kier molecular flexibility index (Phi) is 5.47. The Morgan fingerprint density at radius 3 is 2.43 bits per heavy atom. The third kappa shape index (κ3) is 3.75. The van der Waals surface area contributed by atoms with Gasteiger partial charge in [0.1, 0.15) is 0 Å². The Labute approximate surface area is 142 Å². The summed E-state index contributed by atoms with van der Waals surface area (Å²) in [5, 5.41) is 3.74. The zero-order chi connectivity index (χ0) is 17.1. The fraction of sp³-hybridized carbons (Fsp3) is 0.444. The van der Waals surface area contributed by atoms with E-state index in [1.54, 1.807) is 4.57 Å². The monoisotopic (exact) mass is 333 g/mol. The number of nitrogens with one attached hydrogen (secondary N) is 1. The van der Waals surface area contributed by atoms with E-state index >= 15 is 0 Å². The maximum absolute atomic E-state index is 12.8. The van der Waals surface area contributed by atoms with Crippen LogP contribution in [0.3, 0.4) is 0 Å². The summed E-state index contributed by atoms with van der Waals surface area (Å²) in [4.78, 5) is 17.2. The molecule has 5 heteroatoms. The molecule has 0 aliphatic rings. The molecule has 0 unspecified atom stereocenters. The van der Waals surface area contributed by atoms with Crippen molar-refractivity contribution in [1.29, 1.82) is 0 Å². The Bertz CT molecular complexity index is 740. The zero-order valence-electron chi connectivity index (χ0n) is 14.4. The number of halogens is 1. The summed E-state index contributed by atoms with van der Waals surface area (Å²) < 4.78 is 1.78. The molecule has 0 aliphatic heterocycles. The van der Waals surface area contributed by atoms with Crippen LogP contribution in [0, 0.1) is 20.8 Å². The van der Waals surface area contributed by atoms with Crippen LogP contribution in [0.4, 0.5) is 11.5 Å². The van der Waals surface area contributed by atoms with Crippen LogP contribution in [0.5, 0.6) is 0 Å². The van der Waals surface area contributed by atoms with Crippen LogP contribution in [-0.4, -0.2) is 9.55 Å². The van der Waals surface area contributed by atoms with Gasteiger partial charge in [0.25, 0.3) is 5.56 Å². The number of hydrogen-bond donors (Lipinski definition) is 1. The van der Waals surface area contributed by atoms with Gasteiger partial charge in [0.05, 0.1) is 16.4 Å². The molecule has 0 aliphatic carbocycles. The highest BCUT2D eigenvalue weighted by Crippen LogP contribution is 2.29. The van der Waals surface area contributed by atoms with Crippen molar-refractivity contribution < 1.29 is 0 Å². The fourth-order valence-corrected chi connectivity index (χ4v) is 3.23. The number of nitrogens with zero attached hydrogens (tertiary/aromatic N) is 2. The molecule has 0 bridgehead atoms. The maximum atomic E-state index is 12.8. The number of rotatable bonds is 5. The van der Waals surface area contributed by atoms with Crippen molar-refractivity contribution in [2.45, 2.75) is 53.5 Å². The van der Waals surface area contributed by atoms with Gasteiger partial charge in [-0.2, -0.15) is 0 Å². The number of benzene rings is 1. The summed E-state index contributed by atoms with van der Waals surface area (Å²) in [7, 11) is 0. The summed E-state index contributed by atoms with van der Waals surface area (Å²) in [6.45, 7) is 10.0. The van der Waals surface area contributed by atoms with Crippen molar-refractivity contribution in [1.82, 2.24) is 9.55 Å². The molecule has 1 heterocycles. The second-order valence-electron chi connectivity index (χ2n) is 5.98. The summed E-state index contributed by atoms with van der Waals surface area (Å²) >= 11 is 6.33. The van der Waals surface area contributed by atoms with Gasteiger partial charge in [-0.3, -0.25) is 4.79 Å². The lowest BCUT2D eigenvalue weighted by molar-refractivity contribution is 0.456. The molecule has 0 atom stereocenters. The van der Waals surface area contributed by atoms with Crippen molar-refractivity contribution in [3.8, 4) is 0 Å². The van der Waals surface area contributed by atoms with E-state index in [9.17, 15) is 4.79 Å². The van der Waals surface area contributed by atoms with Crippen LogP contribution < -0.4 is 10.9 Å². The predicted molar refractivity (Wildman–Crippen MR) is 97.1 cm³/mol. The minimum Gasteiger partial charge on any atom is -0.334 e. The molecule has 0 saturated heterocycles. The third-order valence-corrected chi connectivity index (χ3v) is 4.36. The highest BCUT2D eigenvalue weighted by molar-refractivity contribution is 6.33. The predicted octanol–water partition coefficient (Wildman–Crippen LogP) is 4.93. The minimum absolute atomic E-state index is 0.111. The lowest BCUT2D eigenvalue weighted by Crippen LogP contribution is -2.27. The molecule has 1 N–H and O–H groups in total. The molecule has 1 aromatic carbocycles. The van der Waals surface area contributed by atoms with Gasteiger partial charge in [0.15, 0.2) is 5.82 Å². The average Bonchev–Trinajstić information content (AvgIpc) is 2.48. The standard InChI is InChI=1S/C18H24ClN3O/c1-6-14(7-2)22-10-13(5)20-17(18(22)23)21-16-12(4)8-11(3)9-15(16)19/h8-10,14H,6-7H2,1-5H3,(H,20,21). The second kappa shape index (κ2) is 7.18. The van der Waals surface area contributed by atoms with Crippen LogP contribution in [0.25, 0.3) is 0 Å². The molecule has 23 heavy (non-hydrogen) atoms. The van der Waals surface area contributed by atoms with E-state index in [0.717, 1.165) is 35.3 Å². The molecule has 2 aromatic rings. The van der Waals surface area contributed by atoms with Crippen molar-refractivity contribution in [3.63, 3.8) is 0 Å². The van der Waals surface area contributed by atoms with Crippen molar-refractivity contribution in [2.24, 2.45) is 0 Å². The fourth-order valence-electron chi connectivity index (χ4n) is 2.86. The first kappa shape index (κ1) is 17.5. The van der Waals surface area contributed by atoms with E-state index in [-0.39, 0.29) is 11.6 Å². The molecule has 0 amide bonds. The molecule has 4 nitrogen and oxygen atoms in total. The van der Waals surface area contributed by atoms with Gasteiger partial charge in [-0.1, -0.05) is 31.5 Å². The van der Waals surface area contributed by atoms with Gasteiger partial charge >= 0.3 is 0 Å². The summed E-state index contributed by atoms with van der Waals surface area (Å²) in [6, 6.07) is 4.09. The topological polar surface area (TPSA) is 46.9 Å². The quantitative estimate of drug-likeness (QED) is 0.844. The molecule has 124 valence electrons. The molecular formula is C18H24ClN3O. The molecule has 0 fully saturated rings. The molecule has 1 aromatic heterocycles. The van der Waals surface area contributed by atoms with Crippen LogP contribution in [-0.2, 0) is 0 Å². The number of aromatic nitrogens is 2. The van der Waals surface area contributed by atoms with E-state index < -0.39 is 0 Å². The van der Waals surface area contributed by atoms with Crippen LogP contribution in [0.15, 0.2) is 23.1 Å². The van der Waals surface area contributed by atoms with Crippen molar-refractivity contribution >= 4 is 23.1 Å². The average molecular weight is 334 g/mol. The highest BCUT2D eigenvalue weighted by atomic mass is 35.5. The van der Waals surface area contributed by atoms with E-state index in [4.69, 9.17) is 11.6 Å². The molecule has 2 rings (SSSR count). The summed E-state index contributed by atoms with van der Waals surface area (Å²) in [5.74, 6) is 0.325. The second-order valence-corrected chi connectivity index (χ2v) is 6.38. The van der Waals surface area contributed by atoms with Gasteiger partial charge in [0, 0.05) is 12.2 Å². The number of anilines is 2. The smallest absolute Gasteiger partial charge is 0.293 e. The SMILES string of the molecule is CCC(CC)n1cc(C)nc(Nc2c(C)cc(C)cc2Cl)c1=O. The Morgan fingerprint density at radius 2 is 1.87 bits per heavy atom. The molecule has 0 saturated carbocycles. The van der Waals surface area contributed by atoms with E-state index in [1.165, 1.54) is 0 Å². The summed E-state index contributed by atoms with van der Waals surface area (Å²) in [6.07, 6.45) is 3.64. The van der Waals surface area contributed by atoms with Gasteiger partial charge in [0.2, 0.25) is 0 Å². The normalized spacial score (nSPS) is 11.1. The maximum Gasteiger partial charge on any atom is 0.293 e. The lowest BCUT2D eigenvalue weighted by atomic mass is 10.1.